The van der Waals surface area contributed by atoms with E-state index in [-0.39, 0.29) is 12.1 Å². The second-order valence-corrected chi connectivity index (χ2v) is 9.41. The van der Waals surface area contributed by atoms with E-state index in [1.807, 2.05) is 42.5 Å². The van der Waals surface area contributed by atoms with Gasteiger partial charge in [-0.3, -0.25) is 0 Å². The maximum absolute atomic E-state index is 13.2. The van der Waals surface area contributed by atoms with Crippen molar-refractivity contribution in [1.29, 1.82) is 0 Å². The molecule has 0 amide bonds. The molecule has 1 atom stereocenters. The van der Waals surface area contributed by atoms with Gasteiger partial charge in [0.25, 0.3) is 0 Å². The van der Waals surface area contributed by atoms with E-state index in [9.17, 15) is 4.79 Å². The number of fused-ring (bicyclic) bond motifs is 1. The van der Waals surface area contributed by atoms with Gasteiger partial charge in [0.05, 0.1) is 5.56 Å². The van der Waals surface area contributed by atoms with Gasteiger partial charge in [0, 0.05) is 6.42 Å². The SMILES string of the molecule is CC(C)=CCC/C(C)=C/CC(/C=C(\C)CCC=C(C)C)OC(=O)c1cccc2ccccc12. The fourth-order valence-corrected chi connectivity index (χ4v) is 3.75. The Morgan fingerprint density at radius 3 is 2.06 bits per heavy atom. The number of carbonyl (C=O) groups is 1. The van der Waals surface area contributed by atoms with Crippen LogP contribution in [0, 0.1) is 0 Å². The van der Waals surface area contributed by atoms with Crippen LogP contribution in [0.1, 0.15) is 84.0 Å². The first-order valence-electron chi connectivity index (χ1n) is 12.0. The molecule has 2 aromatic rings. The van der Waals surface area contributed by atoms with E-state index in [1.54, 1.807) is 0 Å². The summed E-state index contributed by atoms with van der Waals surface area (Å²) in [5.41, 5.74) is 5.88. The van der Waals surface area contributed by atoms with E-state index in [0.29, 0.717) is 12.0 Å². The molecule has 0 aliphatic carbocycles. The van der Waals surface area contributed by atoms with Crippen LogP contribution in [-0.4, -0.2) is 12.1 Å². The van der Waals surface area contributed by atoms with E-state index >= 15 is 0 Å². The van der Waals surface area contributed by atoms with Gasteiger partial charge in [0.15, 0.2) is 0 Å². The number of rotatable bonds is 11. The fourth-order valence-electron chi connectivity index (χ4n) is 3.75. The van der Waals surface area contributed by atoms with Crippen LogP contribution in [-0.2, 0) is 4.74 Å². The molecule has 2 heteroatoms. The monoisotopic (exact) mass is 444 g/mol. The molecule has 0 fully saturated rings. The summed E-state index contributed by atoms with van der Waals surface area (Å²) in [6, 6.07) is 13.7. The molecule has 0 N–H and O–H groups in total. The minimum Gasteiger partial charge on any atom is -0.454 e. The lowest BCUT2D eigenvalue weighted by molar-refractivity contribution is 0.0400. The van der Waals surface area contributed by atoms with Crippen LogP contribution in [0.5, 0.6) is 0 Å². The summed E-state index contributed by atoms with van der Waals surface area (Å²) in [5.74, 6) is -0.263. The molecular formula is C31H40O2. The Kier molecular flexibility index (Phi) is 10.9. The Bertz CT molecular complexity index is 1040. The number of hydrogen-bond donors (Lipinski definition) is 0. The highest BCUT2D eigenvalue weighted by Gasteiger charge is 2.16. The third kappa shape index (κ3) is 9.65. The van der Waals surface area contributed by atoms with Crippen molar-refractivity contribution in [3.05, 3.63) is 94.6 Å². The molecule has 176 valence electrons. The quantitative estimate of drug-likeness (QED) is 0.255. The molecule has 33 heavy (non-hydrogen) atoms. The van der Waals surface area contributed by atoms with Crippen LogP contribution in [0.25, 0.3) is 10.8 Å². The minimum absolute atomic E-state index is 0.263. The molecule has 0 saturated heterocycles. The summed E-state index contributed by atoms with van der Waals surface area (Å²) in [7, 11) is 0. The lowest BCUT2D eigenvalue weighted by Gasteiger charge is -2.16. The molecule has 0 aliphatic heterocycles. The average Bonchev–Trinajstić information content (AvgIpc) is 2.76. The summed E-state index contributed by atoms with van der Waals surface area (Å²) in [5, 5.41) is 1.98. The van der Waals surface area contributed by atoms with Crippen LogP contribution in [0.3, 0.4) is 0 Å². The maximum Gasteiger partial charge on any atom is 0.339 e. The van der Waals surface area contributed by atoms with Gasteiger partial charge in [0.1, 0.15) is 6.10 Å². The van der Waals surface area contributed by atoms with Gasteiger partial charge >= 0.3 is 5.97 Å². The van der Waals surface area contributed by atoms with Crippen LogP contribution < -0.4 is 0 Å². The van der Waals surface area contributed by atoms with Crippen molar-refractivity contribution in [1.82, 2.24) is 0 Å². The van der Waals surface area contributed by atoms with Crippen molar-refractivity contribution in [2.75, 3.05) is 0 Å². The van der Waals surface area contributed by atoms with Crippen LogP contribution >= 0.6 is 0 Å². The van der Waals surface area contributed by atoms with Crippen molar-refractivity contribution < 1.29 is 9.53 Å². The van der Waals surface area contributed by atoms with Crippen molar-refractivity contribution >= 4 is 16.7 Å². The average molecular weight is 445 g/mol. The zero-order valence-electron chi connectivity index (χ0n) is 21.3. The van der Waals surface area contributed by atoms with Crippen LogP contribution in [0.15, 0.2) is 89.1 Å². The molecule has 0 radical (unpaired) electrons. The fraction of sp³-hybridized carbons (Fsp3) is 0.387. The van der Waals surface area contributed by atoms with E-state index in [2.05, 4.69) is 65.8 Å². The van der Waals surface area contributed by atoms with Gasteiger partial charge in [-0.2, -0.15) is 0 Å². The molecule has 2 nitrogen and oxygen atoms in total. The zero-order chi connectivity index (χ0) is 24.2. The molecule has 0 spiro atoms. The molecule has 1 unspecified atom stereocenters. The number of benzene rings is 2. The van der Waals surface area contributed by atoms with Crippen molar-refractivity contribution in [3.8, 4) is 0 Å². The number of esters is 1. The van der Waals surface area contributed by atoms with Gasteiger partial charge in [0.2, 0.25) is 0 Å². The number of hydrogen-bond acceptors (Lipinski definition) is 2. The van der Waals surface area contributed by atoms with Crippen LogP contribution in [0.2, 0.25) is 0 Å². The molecule has 0 saturated carbocycles. The first kappa shape index (κ1) is 26.4. The number of carbonyl (C=O) groups excluding carboxylic acids is 1. The van der Waals surface area contributed by atoms with Crippen molar-refractivity contribution in [2.45, 2.75) is 79.8 Å². The Morgan fingerprint density at radius 1 is 0.788 bits per heavy atom. The third-order valence-corrected chi connectivity index (χ3v) is 5.62. The van der Waals surface area contributed by atoms with Crippen molar-refractivity contribution in [2.24, 2.45) is 0 Å². The predicted octanol–water partition coefficient (Wildman–Crippen LogP) is 9.14. The van der Waals surface area contributed by atoms with Gasteiger partial charge in [-0.15, -0.1) is 0 Å². The van der Waals surface area contributed by atoms with Gasteiger partial charge in [-0.1, -0.05) is 76.9 Å². The van der Waals surface area contributed by atoms with Gasteiger partial charge in [-0.25, -0.2) is 4.79 Å². The van der Waals surface area contributed by atoms with Crippen LogP contribution in [0.4, 0.5) is 0 Å². The third-order valence-electron chi connectivity index (χ3n) is 5.62. The second kappa shape index (κ2) is 13.6. The maximum atomic E-state index is 13.2. The highest BCUT2D eigenvalue weighted by molar-refractivity contribution is 6.04. The largest absolute Gasteiger partial charge is 0.454 e. The Morgan fingerprint density at radius 2 is 1.39 bits per heavy atom. The molecule has 0 bridgehead atoms. The van der Waals surface area contributed by atoms with E-state index < -0.39 is 0 Å². The highest BCUT2D eigenvalue weighted by Crippen LogP contribution is 2.21. The summed E-state index contributed by atoms with van der Waals surface area (Å²) in [4.78, 5) is 13.2. The standard InChI is InChI=1S/C31H40O2/c1-23(2)12-9-14-25(5)20-21-28(22-26(6)15-10-13-24(3)4)33-31(32)30-19-11-17-27-16-7-8-18-29(27)30/h7-8,11-13,16-20,22,28H,9-10,14-15,21H2,1-6H3/b25-20+,26-22+. The Hall–Kier alpha value is -2.87. The Labute approximate surface area is 200 Å². The minimum atomic E-state index is -0.276. The second-order valence-electron chi connectivity index (χ2n) is 9.41. The molecule has 0 aliphatic rings. The molecule has 0 heterocycles. The van der Waals surface area contributed by atoms with E-state index in [1.165, 1.54) is 22.3 Å². The summed E-state index contributed by atoms with van der Waals surface area (Å²) < 4.78 is 6.05. The molecule has 2 aromatic carbocycles. The number of allylic oxidation sites excluding steroid dienone is 6. The van der Waals surface area contributed by atoms with Crippen molar-refractivity contribution in [3.63, 3.8) is 0 Å². The number of ether oxygens (including phenoxy) is 1. The Balaban J connectivity index is 2.19. The zero-order valence-corrected chi connectivity index (χ0v) is 21.3. The smallest absolute Gasteiger partial charge is 0.339 e. The molecule has 2 rings (SSSR count). The summed E-state index contributed by atoms with van der Waals surface area (Å²) in [6.45, 7) is 12.8. The normalized spacial score (nSPS) is 12.9. The van der Waals surface area contributed by atoms with Gasteiger partial charge in [-0.05, 0) is 90.1 Å². The molecular weight excluding hydrogens is 404 g/mol. The topological polar surface area (TPSA) is 26.3 Å². The molecule has 0 aromatic heterocycles. The lowest BCUT2D eigenvalue weighted by Crippen LogP contribution is -2.16. The summed E-state index contributed by atoms with van der Waals surface area (Å²) in [6.07, 6.45) is 13.3. The summed E-state index contributed by atoms with van der Waals surface area (Å²) >= 11 is 0. The first-order valence-corrected chi connectivity index (χ1v) is 12.0. The van der Waals surface area contributed by atoms with Gasteiger partial charge < -0.3 is 4.74 Å². The highest BCUT2D eigenvalue weighted by atomic mass is 16.5. The predicted molar refractivity (Wildman–Crippen MR) is 143 cm³/mol. The first-order chi connectivity index (χ1) is 15.8. The lowest BCUT2D eigenvalue weighted by atomic mass is 10.0. The van der Waals surface area contributed by atoms with E-state index in [0.717, 1.165) is 36.5 Å². The van der Waals surface area contributed by atoms with E-state index in [4.69, 9.17) is 4.74 Å².